The fourth-order valence-corrected chi connectivity index (χ4v) is 3.87. The van der Waals surface area contributed by atoms with Gasteiger partial charge in [0.1, 0.15) is 5.82 Å². The van der Waals surface area contributed by atoms with Crippen LogP contribution in [-0.4, -0.2) is 20.7 Å². The highest BCUT2D eigenvalue weighted by molar-refractivity contribution is 5.93. The first-order chi connectivity index (χ1) is 15.7. The third-order valence-electron chi connectivity index (χ3n) is 5.68. The molecule has 1 saturated carbocycles. The second-order valence-corrected chi connectivity index (χ2v) is 7.91. The summed E-state index contributed by atoms with van der Waals surface area (Å²) in [5, 5.41) is 12.6. The quantitative estimate of drug-likeness (QED) is 0.320. The number of benzene rings is 3. The largest absolute Gasteiger partial charge is 0.380 e. The molecule has 160 valence electrons. The molecule has 7 heteroatoms. The molecule has 1 heterocycles. The molecule has 32 heavy (non-hydrogen) atoms. The zero-order chi connectivity index (χ0) is 22.1. The van der Waals surface area contributed by atoms with Crippen LogP contribution in [0.4, 0.5) is 5.69 Å². The number of amides is 1. The number of anilines is 1. The van der Waals surface area contributed by atoms with Gasteiger partial charge in [-0.2, -0.15) is 0 Å². The molecule has 0 saturated heterocycles. The molecule has 7 nitrogen and oxygen atoms in total. The van der Waals surface area contributed by atoms with Gasteiger partial charge in [0.2, 0.25) is 0 Å². The third kappa shape index (κ3) is 3.74. The third-order valence-corrected chi connectivity index (χ3v) is 5.68. The molecular weight excluding hydrogens is 404 g/mol. The lowest BCUT2D eigenvalue weighted by Crippen LogP contribution is -2.24. The summed E-state index contributed by atoms with van der Waals surface area (Å²) >= 11 is 0. The highest BCUT2D eigenvalue weighted by Crippen LogP contribution is 2.40. The second kappa shape index (κ2) is 8.28. The number of carbonyl (C=O) groups excluding carboxylic acids is 1. The molecule has 5 rings (SSSR count). The van der Waals surface area contributed by atoms with Gasteiger partial charge in [0, 0.05) is 23.7 Å². The van der Waals surface area contributed by atoms with Crippen LogP contribution in [0.3, 0.4) is 0 Å². The van der Waals surface area contributed by atoms with Gasteiger partial charge in [-0.15, -0.1) is 0 Å². The van der Waals surface area contributed by atoms with Crippen molar-refractivity contribution in [1.82, 2.24) is 15.0 Å². The van der Waals surface area contributed by atoms with Crippen LogP contribution in [0, 0.1) is 0 Å². The highest BCUT2D eigenvalue weighted by Gasteiger charge is 2.30. The van der Waals surface area contributed by atoms with Gasteiger partial charge >= 0.3 is 0 Å². The number of nitrogens with one attached hydrogen (secondary N) is 2. The van der Waals surface area contributed by atoms with Crippen LogP contribution in [-0.2, 0) is 6.54 Å². The minimum atomic E-state index is -0.558. The molecule has 0 radical (unpaired) electrons. The summed E-state index contributed by atoms with van der Waals surface area (Å²) in [7, 11) is 0. The van der Waals surface area contributed by atoms with Crippen LogP contribution in [0.15, 0.2) is 77.6 Å². The van der Waals surface area contributed by atoms with Crippen molar-refractivity contribution in [3.8, 4) is 5.69 Å². The van der Waals surface area contributed by atoms with Gasteiger partial charge in [-0.05, 0) is 54.8 Å². The zero-order valence-electron chi connectivity index (χ0n) is 17.3. The Kier molecular flexibility index (Phi) is 5.17. The lowest BCUT2D eigenvalue weighted by molar-refractivity contribution is 0.0706. The van der Waals surface area contributed by atoms with E-state index >= 15 is 0 Å². The van der Waals surface area contributed by atoms with E-state index < -0.39 is 5.91 Å². The van der Waals surface area contributed by atoms with Crippen molar-refractivity contribution in [2.24, 2.45) is 0 Å². The van der Waals surface area contributed by atoms with Gasteiger partial charge in [0.25, 0.3) is 11.5 Å². The lowest BCUT2D eigenvalue weighted by Gasteiger charge is -2.15. The van der Waals surface area contributed by atoms with Crippen molar-refractivity contribution in [1.29, 1.82) is 0 Å². The first kappa shape index (κ1) is 20.0. The number of fused-ring (bicyclic) bond motifs is 1. The summed E-state index contributed by atoms with van der Waals surface area (Å²) in [4.78, 5) is 30.1. The topological polar surface area (TPSA) is 96.2 Å². The van der Waals surface area contributed by atoms with E-state index in [1.807, 2.05) is 48.5 Å². The van der Waals surface area contributed by atoms with Gasteiger partial charge in [-0.3, -0.25) is 19.4 Å². The number of rotatable bonds is 6. The lowest BCUT2D eigenvalue weighted by atomic mass is 10.1. The summed E-state index contributed by atoms with van der Waals surface area (Å²) in [6, 6.07) is 22.2. The summed E-state index contributed by atoms with van der Waals surface area (Å²) in [6.45, 7) is 0.468. The average Bonchev–Trinajstić information content (AvgIpc) is 3.68. The van der Waals surface area contributed by atoms with Gasteiger partial charge in [0.15, 0.2) is 0 Å². The molecule has 0 unspecified atom stereocenters. The summed E-state index contributed by atoms with van der Waals surface area (Å²) in [5.41, 5.74) is 5.05. The Morgan fingerprint density at radius 3 is 2.44 bits per heavy atom. The van der Waals surface area contributed by atoms with Crippen LogP contribution in [0.1, 0.15) is 40.5 Å². The van der Waals surface area contributed by atoms with Gasteiger partial charge in [-0.25, -0.2) is 10.5 Å². The Bertz CT molecular complexity index is 1340. The smallest absolute Gasteiger partial charge is 0.274 e. The molecule has 1 aliphatic rings. The standard InChI is InChI=1S/C25H22N4O3/c30-24(28-32)18-11-9-16(10-12-18)15-26-20-7-4-8-21-22(20)25(31)29(19-5-2-1-3-6-19)23(27-21)17-13-14-17/h1-12,17,26,32H,13-15H2,(H,28,30). The zero-order valence-corrected chi connectivity index (χ0v) is 17.3. The van der Waals surface area contributed by atoms with Crippen molar-refractivity contribution in [3.63, 3.8) is 0 Å². The second-order valence-electron chi connectivity index (χ2n) is 7.91. The van der Waals surface area contributed by atoms with E-state index in [1.54, 1.807) is 34.3 Å². The predicted octanol–water partition coefficient (Wildman–Crippen LogP) is 3.99. The molecule has 1 fully saturated rings. The molecular formula is C25H22N4O3. The van der Waals surface area contributed by atoms with E-state index in [1.165, 1.54) is 0 Å². The summed E-state index contributed by atoms with van der Waals surface area (Å²) in [5.74, 6) is 0.583. The first-order valence-corrected chi connectivity index (χ1v) is 10.5. The number of hydrogen-bond donors (Lipinski definition) is 3. The average molecular weight is 426 g/mol. The molecule has 0 atom stereocenters. The van der Waals surface area contributed by atoms with Crippen LogP contribution in [0.2, 0.25) is 0 Å². The van der Waals surface area contributed by atoms with E-state index in [0.29, 0.717) is 34.6 Å². The fraction of sp³-hybridized carbons (Fsp3) is 0.160. The maximum absolute atomic E-state index is 13.7. The highest BCUT2D eigenvalue weighted by atomic mass is 16.5. The van der Waals surface area contributed by atoms with Crippen molar-refractivity contribution in [2.75, 3.05) is 5.32 Å². The van der Waals surface area contributed by atoms with E-state index in [0.717, 1.165) is 29.9 Å². The maximum atomic E-state index is 13.7. The molecule has 0 bridgehead atoms. The van der Waals surface area contributed by atoms with Gasteiger partial charge in [0.05, 0.1) is 16.6 Å². The Balaban J connectivity index is 1.53. The summed E-state index contributed by atoms with van der Waals surface area (Å²) in [6.07, 6.45) is 2.10. The van der Waals surface area contributed by atoms with Crippen LogP contribution >= 0.6 is 0 Å². The molecule has 0 spiro atoms. The first-order valence-electron chi connectivity index (χ1n) is 10.5. The molecule has 3 aromatic carbocycles. The number of aromatic nitrogens is 2. The van der Waals surface area contributed by atoms with E-state index in [2.05, 4.69) is 5.32 Å². The fourth-order valence-electron chi connectivity index (χ4n) is 3.87. The Labute approximate surface area is 184 Å². The molecule has 1 aromatic heterocycles. The van der Waals surface area contributed by atoms with Gasteiger partial charge in [-0.1, -0.05) is 36.4 Å². The number of hydroxylamine groups is 1. The molecule has 3 N–H and O–H groups in total. The van der Waals surface area contributed by atoms with Crippen LogP contribution in [0.25, 0.3) is 16.6 Å². The van der Waals surface area contributed by atoms with Crippen LogP contribution < -0.4 is 16.4 Å². The molecule has 4 aromatic rings. The van der Waals surface area contributed by atoms with Crippen molar-refractivity contribution in [3.05, 3.63) is 100 Å². The van der Waals surface area contributed by atoms with Gasteiger partial charge < -0.3 is 5.32 Å². The van der Waals surface area contributed by atoms with Crippen molar-refractivity contribution in [2.45, 2.75) is 25.3 Å². The molecule has 0 aliphatic heterocycles. The summed E-state index contributed by atoms with van der Waals surface area (Å²) < 4.78 is 1.74. The number of para-hydroxylation sites is 1. The maximum Gasteiger partial charge on any atom is 0.274 e. The van der Waals surface area contributed by atoms with E-state index in [-0.39, 0.29) is 5.56 Å². The Hall–Kier alpha value is -3.97. The minimum Gasteiger partial charge on any atom is -0.380 e. The number of nitrogens with zero attached hydrogens (tertiary/aromatic N) is 2. The molecule has 1 amide bonds. The Morgan fingerprint density at radius 1 is 1.00 bits per heavy atom. The van der Waals surface area contributed by atoms with Crippen LogP contribution in [0.5, 0.6) is 0 Å². The Morgan fingerprint density at radius 2 is 1.75 bits per heavy atom. The van der Waals surface area contributed by atoms with Crippen molar-refractivity contribution < 1.29 is 10.0 Å². The van der Waals surface area contributed by atoms with E-state index in [4.69, 9.17) is 10.2 Å². The number of carbonyl (C=O) groups is 1. The number of hydrogen-bond acceptors (Lipinski definition) is 5. The monoisotopic (exact) mass is 426 g/mol. The molecule has 1 aliphatic carbocycles. The predicted molar refractivity (Wildman–Crippen MR) is 122 cm³/mol. The van der Waals surface area contributed by atoms with E-state index in [9.17, 15) is 9.59 Å². The van der Waals surface area contributed by atoms with Crippen molar-refractivity contribution >= 4 is 22.5 Å². The minimum absolute atomic E-state index is 0.0823. The SMILES string of the molecule is O=C(NO)c1ccc(CNc2cccc3nc(C4CC4)n(-c4ccccc4)c(=O)c23)cc1. The normalized spacial score (nSPS) is 13.2.